The first kappa shape index (κ1) is 22.8. The second-order valence-electron chi connectivity index (χ2n) is 8.89. The molecule has 35 heavy (non-hydrogen) atoms. The van der Waals surface area contributed by atoms with Crippen LogP contribution in [0.2, 0.25) is 0 Å². The van der Waals surface area contributed by atoms with Crippen LogP contribution < -0.4 is 21.4 Å². The highest BCUT2D eigenvalue weighted by atomic mass is 19.1. The van der Waals surface area contributed by atoms with Gasteiger partial charge in [0, 0.05) is 24.5 Å². The number of aliphatic carboxylic acids is 1. The molecular formula is C25H25FN6O3. The van der Waals surface area contributed by atoms with Crippen molar-refractivity contribution in [3.05, 3.63) is 71.7 Å². The normalized spacial score (nSPS) is 18.2. The maximum atomic E-state index is 13.9. The number of halogens is 1. The number of rotatable bonds is 5. The van der Waals surface area contributed by atoms with Crippen molar-refractivity contribution in [1.29, 1.82) is 0 Å². The van der Waals surface area contributed by atoms with Gasteiger partial charge in [-0.3, -0.25) is 9.80 Å². The highest BCUT2D eigenvalue weighted by molar-refractivity contribution is 6.00. The van der Waals surface area contributed by atoms with Crippen LogP contribution in [0.3, 0.4) is 0 Å². The molecule has 3 aromatic rings. The zero-order valence-electron chi connectivity index (χ0n) is 19.2. The molecule has 1 unspecified atom stereocenters. The highest BCUT2D eigenvalue weighted by Gasteiger charge is 2.61. The first-order valence-electron chi connectivity index (χ1n) is 11.2. The lowest BCUT2D eigenvalue weighted by molar-refractivity contribution is -0.146. The number of nitrogens with zero attached hydrogens (tertiary/aromatic N) is 3. The molecule has 0 radical (unpaired) electrons. The number of nitrogens with two attached hydrogens (primary N) is 1. The lowest BCUT2D eigenvalue weighted by Crippen LogP contribution is -2.52. The zero-order chi connectivity index (χ0) is 24.9. The molecule has 0 bridgehead atoms. The number of carboxylic acids is 1. The summed E-state index contributed by atoms with van der Waals surface area (Å²) < 4.78 is 13.9. The summed E-state index contributed by atoms with van der Waals surface area (Å²) >= 11 is 0. The second kappa shape index (κ2) is 8.33. The molecule has 0 saturated heterocycles. The van der Waals surface area contributed by atoms with Crippen molar-refractivity contribution in [2.24, 2.45) is 5.73 Å². The molecule has 2 amide bonds. The molecule has 0 spiro atoms. The topological polar surface area (TPSA) is 124 Å². The Morgan fingerprint density at radius 3 is 2.51 bits per heavy atom. The predicted molar refractivity (Wildman–Crippen MR) is 130 cm³/mol. The number of carbonyl (C=O) groups is 2. The summed E-state index contributed by atoms with van der Waals surface area (Å²) in [6.45, 7) is 1.81. The van der Waals surface area contributed by atoms with Crippen LogP contribution in [0.15, 0.2) is 54.7 Å². The fourth-order valence-electron chi connectivity index (χ4n) is 4.64. The summed E-state index contributed by atoms with van der Waals surface area (Å²) in [6.07, 6.45) is 2.05. The Morgan fingerprint density at radius 2 is 1.86 bits per heavy atom. The molecule has 1 aromatic heterocycles. The summed E-state index contributed by atoms with van der Waals surface area (Å²) in [7, 11) is 1.77. The molecule has 1 aliphatic carbocycles. The zero-order valence-corrected chi connectivity index (χ0v) is 19.2. The number of urea groups is 1. The van der Waals surface area contributed by atoms with Gasteiger partial charge in [0.1, 0.15) is 23.3 Å². The van der Waals surface area contributed by atoms with E-state index in [0.29, 0.717) is 24.3 Å². The molecule has 2 aliphatic rings. The summed E-state index contributed by atoms with van der Waals surface area (Å²) in [5, 5.41) is 18.4. The van der Waals surface area contributed by atoms with E-state index in [-0.39, 0.29) is 5.69 Å². The molecule has 2 aromatic carbocycles. The van der Waals surface area contributed by atoms with Crippen LogP contribution in [-0.2, 0) is 4.79 Å². The smallest absolute Gasteiger partial charge is 0.326 e. The van der Waals surface area contributed by atoms with Crippen molar-refractivity contribution in [2.75, 3.05) is 22.7 Å². The number of aromatic nitrogens is 1. The van der Waals surface area contributed by atoms with E-state index in [0.717, 1.165) is 22.3 Å². The number of aryl methyl sites for hydroxylation is 1. The van der Waals surface area contributed by atoms with Gasteiger partial charge in [0.05, 0.1) is 5.69 Å². The monoisotopic (exact) mass is 476 g/mol. The molecule has 1 aliphatic heterocycles. The highest BCUT2D eigenvalue weighted by Crippen LogP contribution is 2.52. The van der Waals surface area contributed by atoms with Gasteiger partial charge in [0.2, 0.25) is 0 Å². The predicted octanol–water partition coefficient (Wildman–Crippen LogP) is 4.08. The van der Waals surface area contributed by atoms with E-state index in [1.165, 1.54) is 6.07 Å². The summed E-state index contributed by atoms with van der Waals surface area (Å²) in [4.78, 5) is 28.7. The third kappa shape index (κ3) is 3.86. The molecule has 5 rings (SSSR count). The number of hydrogen-bond acceptors (Lipinski definition) is 6. The third-order valence-corrected chi connectivity index (χ3v) is 6.54. The lowest BCUT2D eigenvalue weighted by atomic mass is 9.99. The first-order valence-corrected chi connectivity index (χ1v) is 11.2. The summed E-state index contributed by atoms with van der Waals surface area (Å²) in [6, 6.07) is 12.9. The van der Waals surface area contributed by atoms with Gasteiger partial charge in [-0.15, -0.1) is 0 Å². The van der Waals surface area contributed by atoms with Gasteiger partial charge >= 0.3 is 12.0 Å². The SMILES string of the molecule is Cc1ccc(F)c(NC(=O)Nc2ccc(-c3ccnc4c3C(N)N(C3(C(=O)O)CC3)N4C)cc2)c1. The molecule has 1 atom stereocenters. The fourth-order valence-corrected chi connectivity index (χ4v) is 4.64. The minimum absolute atomic E-state index is 0.101. The van der Waals surface area contributed by atoms with Gasteiger partial charge in [-0.05, 0) is 66.8 Å². The number of carboxylic acid groups (broad SMARTS) is 1. The number of benzene rings is 2. The van der Waals surface area contributed by atoms with Crippen molar-refractivity contribution in [1.82, 2.24) is 9.99 Å². The second-order valence-corrected chi connectivity index (χ2v) is 8.89. The van der Waals surface area contributed by atoms with Gasteiger partial charge < -0.3 is 21.5 Å². The molecule has 10 heteroatoms. The molecule has 2 heterocycles. The lowest BCUT2D eigenvalue weighted by Gasteiger charge is -2.34. The van der Waals surface area contributed by atoms with Crippen LogP contribution in [0.25, 0.3) is 11.1 Å². The molecule has 180 valence electrons. The van der Waals surface area contributed by atoms with Crippen LogP contribution in [0.5, 0.6) is 0 Å². The van der Waals surface area contributed by atoms with Crippen molar-refractivity contribution in [2.45, 2.75) is 31.5 Å². The Kier molecular flexibility index (Phi) is 5.42. The number of nitrogens with one attached hydrogen (secondary N) is 2. The van der Waals surface area contributed by atoms with Gasteiger partial charge in [-0.1, -0.05) is 18.2 Å². The van der Waals surface area contributed by atoms with E-state index in [1.807, 2.05) is 25.1 Å². The molecule has 1 saturated carbocycles. The Labute approximate surface area is 201 Å². The Hall–Kier alpha value is -4.02. The number of hydrazine groups is 1. The van der Waals surface area contributed by atoms with Crippen molar-refractivity contribution < 1.29 is 19.1 Å². The Balaban J connectivity index is 1.36. The summed E-state index contributed by atoms with van der Waals surface area (Å²) in [5.74, 6) is -0.795. The van der Waals surface area contributed by atoms with Gasteiger partial charge in [0.15, 0.2) is 0 Å². The minimum atomic E-state index is -1.01. The van der Waals surface area contributed by atoms with Crippen molar-refractivity contribution in [3.8, 4) is 11.1 Å². The van der Waals surface area contributed by atoms with Crippen molar-refractivity contribution >= 4 is 29.2 Å². The average molecular weight is 477 g/mol. The van der Waals surface area contributed by atoms with Crippen LogP contribution >= 0.6 is 0 Å². The Morgan fingerprint density at radius 1 is 1.14 bits per heavy atom. The largest absolute Gasteiger partial charge is 0.480 e. The number of fused-ring (bicyclic) bond motifs is 1. The van der Waals surface area contributed by atoms with Crippen molar-refractivity contribution in [3.63, 3.8) is 0 Å². The van der Waals surface area contributed by atoms with Gasteiger partial charge in [0.25, 0.3) is 0 Å². The van der Waals surface area contributed by atoms with Crippen LogP contribution in [0.4, 0.5) is 26.4 Å². The minimum Gasteiger partial charge on any atom is -0.480 e. The third-order valence-electron chi connectivity index (χ3n) is 6.54. The summed E-state index contributed by atoms with van der Waals surface area (Å²) in [5.41, 5.74) is 9.42. The maximum absolute atomic E-state index is 13.9. The number of amides is 2. The van der Waals surface area contributed by atoms with Gasteiger partial charge in [-0.25, -0.2) is 14.2 Å². The molecule has 5 N–H and O–H groups in total. The fraction of sp³-hybridized carbons (Fsp3) is 0.240. The van der Waals surface area contributed by atoms with Crippen LogP contribution in [-0.4, -0.2) is 39.7 Å². The molecule has 1 fully saturated rings. The molecule has 9 nitrogen and oxygen atoms in total. The number of hydrogen-bond donors (Lipinski definition) is 4. The van der Waals surface area contributed by atoms with Crippen LogP contribution in [0.1, 0.15) is 30.1 Å². The van der Waals surface area contributed by atoms with E-state index in [4.69, 9.17) is 5.73 Å². The first-order chi connectivity index (χ1) is 16.7. The van der Waals surface area contributed by atoms with E-state index < -0.39 is 29.5 Å². The van der Waals surface area contributed by atoms with Crippen LogP contribution in [0, 0.1) is 12.7 Å². The number of pyridine rings is 1. The van der Waals surface area contributed by atoms with E-state index in [2.05, 4.69) is 15.6 Å². The maximum Gasteiger partial charge on any atom is 0.326 e. The van der Waals surface area contributed by atoms with E-state index in [9.17, 15) is 19.1 Å². The average Bonchev–Trinajstić information content (AvgIpc) is 3.58. The standard InChI is InChI=1S/C25H25FN6O3/c1-14-3-8-18(26)19(13-14)30-24(35)29-16-6-4-15(5-7-16)17-9-12-28-22-20(17)21(27)32(31(22)2)25(10-11-25)23(33)34/h3-9,12-13,21H,10-11,27H2,1-2H3,(H,33,34)(H2,29,30,35). The molecular weight excluding hydrogens is 451 g/mol. The number of carbonyl (C=O) groups excluding carboxylic acids is 1. The van der Waals surface area contributed by atoms with E-state index >= 15 is 0 Å². The Bertz CT molecular complexity index is 1330. The number of anilines is 3. The quantitative estimate of drug-likeness (QED) is 0.437. The van der Waals surface area contributed by atoms with E-state index in [1.54, 1.807) is 47.5 Å². The van der Waals surface area contributed by atoms with Gasteiger partial charge in [-0.2, -0.15) is 5.01 Å².